The zero-order valence-corrected chi connectivity index (χ0v) is 5.09. The Morgan fingerprint density at radius 2 is 2.25 bits per heavy atom. The zero-order valence-electron chi connectivity index (χ0n) is 5.09. The van der Waals surface area contributed by atoms with Crippen LogP contribution in [0, 0.1) is 0 Å². The first-order valence-electron chi connectivity index (χ1n) is 3.01. The van der Waals surface area contributed by atoms with Gasteiger partial charge in [0.25, 0.3) is 0 Å². The molecule has 0 aromatic heterocycles. The molecule has 1 saturated carbocycles. The minimum atomic E-state index is -0.584. The second-order valence-electron chi connectivity index (χ2n) is 2.89. The minimum Gasteiger partial charge on any atom is -0.393 e. The summed E-state index contributed by atoms with van der Waals surface area (Å²) in [4.78, 5) is 0. The van der Waals surface area contributed by atoms with E-state index in [-0.39, 0.29) is 6.10 Å². The lowest BCUT2D eigenvalue weighted by Crippen LogP contribution is -2.19. The standard InChI is InChI=1S/C6H12O2/c1-6(8)3-2-5(7)4-6/h5,7-8H,2-4H2,1H3/t5?,6-/m0/s1. The van der Waals surface area contributed by atoms with Crippen LogP contribution in [0.4, 0.5) is 0 Å². The topological polar surface area (TPSA) is 40.5 Å². The molecule has 1 rings (SSSR count). The minimum absolute atomic E-state index is 0.259. The number of hydrogen-bond acceptors (Lipinski definition) is 2. The van der Waals surface area contributed by atoms with Crippen LogP contribution in [0.15, 0.2) is 0 Å². The van der Waals surface area contributed by atoms with E-state index in [2.05, 4.69) is 0 Å². The molecule has 2 nitrogen and oxygen atoms in total. The highest BCUT2D eigenvalue weighted by Crippen LogP contribution is 2.28. The predicted molar refractivity (Wildman–Crippen MR) is 30.5 cm³/mol. The number of aliphatic hydroxyl groups is 2. The van der Waals surface area contributed by atoms with Crippen molar-refractivity contribution in [2.45, 2.75) is 37.9 Å². The van der Waals surface area contributed by atoms with E-state index in [0.717, 1.165) is 12.8 Å². The molecule has 0 spiro atoms. The molecule has 0 amide bonds. The molecule has 2 N–H and O–H groups in total. The van der Waals surface area contributed by atoms with E-state index in [1.165, 1.54) is 0 Å². The Labute approximate surface area is 49.1 Å². The van der Waals surface area contributed by atoms with Gasteiger partial charge in [-0.2, -0.15) is 0 Å². The molecule has 1 unspecified atom stereocenters. The average molecular weight is 116 g/mol. The van der Waals surface area contributed by atoms with E-state index in [1.807, 2.05) is 0 Å². The van der Waals surface area contributed by atoms with Crippen molar-refractivity contribution in [3.05, 3.63) is 0 Å². The fourth-order valence-electron chi connectivity index (χ4n) is 1.19. The number of hydrogen-bond donors (Lipinski definition) is 2. The normalized spacial score (nSPS) is 47.6. The van der Waals surface area contributed by atoms with Gasteiger partial charge in [0.05, 0.1) is 11.7 Å². The third-order valence-electron chi connectivity index (χ3n) is 1.69. The van der Waals surface area contributed by atoms with Gasteiger partial charge < -0.3 is 10.2 Å². The molecule has 1 fully saturated rings. The SMILES string of the molecule is C[C@]1(O)CCC(O)C1. The molecule has 48 valence electrons. The van der Waals surface area contributed by atoms with Crippen LogP contribution >= 0.6 is 0 Å². The Bertz CT molecular complexity index is 88.5. The summed E-state index contributed by atoms with van der Waals surface area (Å²) in [6.07, 6.45) is 1.79. The molecular weight excluding hydrogens is 104 g/mol. The third kappa shape index (κ3) is 1.20. The van der Waals surface area contributed by atoms with Gasteiger partial charge in [0.2, 0.25) is 0 Å². The highest BCUT2D eigenvalue weighted by molar-refractivity contribution is 4.84. The van der Waals surface area contributed by atoms with Gasteiger partial charge in [-0.05, 0) is 19.8 Å². The fourth-order valence-corrected chi connectivity index (χ4v) is 1.19. The van der Waals surface area contributed by atoms with Crippen LogP contribution in [-0.2, 0) is 0 Å². The molecule has 2 atom stereocenters. The van der Waals surface area contributed by atoms with Gasteiger partial charge in [-0.3, -0.25) is 0 Å². The van der Waals surface area contributed by atoms with E-state index in [1.54, 1.807) is 6.92 Å². The van der Waals surface area contributed by atoms with Crippen LogP contribution in [0.5, 0.6) is 0 Å². The van der Waals surface area contributed by atoms with Crippen molar-refractivity contribution in [2.24, 2.45) is 0 Å². The van der Waals surface area contributed by atoms with Crippen LogP contribution in [0.3, 0.4) is 0 Å². The lowest BCUT2D eigenvalue weighted by atomic mass is 10.1. The Hall–Kier alpha value is -0.0800. The monoisotopic (exact) mass is 116 g/mol. The van der Waals surface area contributed by atoms with Crippen LogP contribution in [0.2, 0.25) is 0 Å². The summed E-state index contributed by atoms with van der Waals surface area (Å²) in [6.45, 7) is 1.77. The Morgan fingerprint density at radius 1 is 1.62 bits per heavy atom. The summed E-state index contributed by atoms with van der Waals surface area (Å²) < 4.78 is 0. The van der Waals surface area contributed by atoms with Crippen molar-refractivity contribution in [1.29, 1.82) is 0 Å². The van der Waals surface area contributed by atoms with Crippen molar-refractivity contribution < 1.29 is 10.2 Å². The summed E-state index contributed by atoms with van der Waals surface area (Å²) in [5, 5.41) is 18.1. The maximum atomic E-state index is 9.20. The maximum Gasteiger partial charge on any atom is 0.0645 e. The molecule has 0 aliphatic heterocycles. The first kappa shape index (κ1) is 6.05. The van der Waals surface area contributed by atoms with Gasteiger partial charge in [0, 0.05) is 6.42 Å². The zero-order chi connectivity index (χ0) is 6.20. The summed E-state index contributed by atoms with van der Waals surface area (Å²) in [5.41, 5.74) is -0.584. The molecule has 2 heteroatoms. The van der Waals surface area contributed by atoms with E-state index in [4.69, 9.17) is 5.11 Å². The van der Waals surface area contributed by atoms with Crippen LogP contribution in [-0.4, -0.2) is 21.9 Å². The van der Waals surface area contributed by atoms with Crippen LogP contribution in [0.1, 0.15) is 26.2 Å². The smallest absolute Gasteiger partial charge is 0.0645 e. The second-order valence-corrected chi connectivity index (χ2v) is 2.89. The van der Waals surface area contributed by atoms with Gasteiger partial charge in [0.1, 0.15) is 0 Å². The Balaban J connectivity index is 2.44. The molecule has 0 aromatic rings. The summed E-state index contributed by atoms with van der Waals surface area (Å²) in [5.74, 6) is 0. The molecule has 8 heavy (non-hydrogen) atoms. The average Bonchev–Trinajstić information content (AvgIpc) is 1.82. The quantitative estimate of drug-likeness (QED) is 0.477. The molecule has 0 bridgehead atoms. The summed E-state index contributed by atoms with van der Waals surface area (Å²) in [7, 11) is 0. The Kier molecular flexibility index (Phi) is 1.29. The molecule has 0 saturated heterocycles. The Morgan fingerprint density at radius 3 is 2.38 bits per heavy atom. The van der Waals surface area contributed by atoms with Gasteiger partial charge in [0.15, 0.2) is 0 Å². The van der Waals surface area contributed by atoms with E-state index < -0.39 is 5.60 Å². The lowest BCUT2D eigenvalue weighted by Gasteiger charge is -2.13. The van der Waals surface area contributed by atoms with Gasteiger partial charge in [-0.15, -0.1) is 0 Å². The second kappa shape index (κ2) is 1.71. The molecule has 0 radical (unpaired) electrons. The molecular formula is C6H12O2. The summed E-state index contributed by atoms with van der Waals surface area (Å²) in [6, 6.07) is 0. The van der Waals surface area contributed by atoms with Crippen molar-refractivity contribution in [1.82, 2.24) is 0 Å². The van der Waals surface area contributed by atoms with Crippen LogP contribution < -0.4 is 0 Å². The third-order valence-corrected chi connectivity index (χ3v) is 1.69. The van der Waals surface area contributed by atoms with E-state index in [0.29, 0.717) is 6.42 Å². The predicted octanol–water partition coefficient (Wildman–Crippen LogP) is 0.282. The fraction of sp³-hybridized carbons (Fsp3) is 1.00. The lowest BCUT2D eigenvalue weighted by molar-refractivity contribution is 0.0505. The molecule has 1 aliphatic rings. The number of rotatable bonds is 0. The van der Waals surface area contributed by atoms with E-state index >= 15 is 0 Å². The van der Waals surface area contributed by atoms with Gasteiger partial charge in [-0.1, -0.05) is 0 Å². The number of aliphatic hydroxyl groups excluding tert-OH is 1. The van der Waals surface area contributed by atoms with Crippen molar-refractivity contribution >= 4 is 0 Å². The summed E-state index contributed by atoms with van der Waals surface area (Å²) >= 11 is 0. The van der Waals surface area contributed by atoms with Crippen LogP contribution in [0.25, 0.3) is 0 Å². The first-order valence-corrected chi connectivity index (χ1v) is 3.01. The maximum absolute atomic E-state index is 9.20. The van der Waals surface area contributed by atoms with Crippen molar-refractivity contribution in [3.8, 4) is 0 Å². The highest BCUT2D eigenvalue weighted by Gasteiger charge is 2.31. The molecule has 1 aliphatic carbocycles. The van der Waals surface area contributed by atoms with Crippen molar-refractivity contribution in [2.75, 3.05) is 0 Å². The van der Waals surface area contributed by atoms with E-state index in [9.17, 15) is 5.11 Å². The van der Waals surface area contributed by atoms with Gasteiger partial charge in [-0.25, -0.2) is 0 Å². The van der Waals surface area contributed by atoms with Gasteiger partial charge >= 0.3 is 0 Å². The molecule has 0 aromatic carbocycles. The largest absolute Gasteiger partial charge is 0.393 e. The first-order chi connectivity index (χ1) is 3.60. The molecule has 0 heterocycles. The van der Waals surface area contributed by atoms with Crippen molar-refractivity contribution in [3.63, 3.8) is 0 Å². The highest BCUT2D eigenvalue weighted by atomic mass is 16.3.